The van der Waals surface area contributed by atoms with Gasteiger partial charge in [-0.05, 0) is 69.5 Å². The molecule has 1 N–H and O–H groups in total. The Morgan fingerprint density at radius 1 is 1.12 bits per heavy atom. The first kappa shape index (κ1) is 20.3. The van der Waals surface area contributed by atoms with Gasteiger partial charge >= 0.3 is 0 Å². The molecule has 0 spiro atoms. The first-order valence-corrected chi connectivity index (χ1v) is 9.60. The molecule has 0 saturated heterocycles. The van der Waals surface area contributed by atoms with E-state index in [1.807, 2.05) is 57.2 Å². The molecule has 0 fully saturated rings. The Balaban J connectivity index is 2.05. The van der Waals surface area contributed by atoms with E-state index in [0.29, 0.717) is 5.69 Å². The number of ether oxygens (including phenoxy) is 2. The van der Waals surface area contributed by atoms with Crippen LogP contribution in [0.25, 0.3) is 0 Å². The number of amides is 1. The van der Waals surface area contributed by atoms with E-state index in [2.05, 4.69) is 28.2 Å². The average molecular weight is 420 g/mol. The Labute approximate surface area is 164 Å². The van der Waals surface area contributed by atoms with Crippen molar-refractivity contribution < 1.29 is 14.3 Å². The monoisotopic (exact) mass is 419 g/mol. The molecule has 0 heterocycles. The van der Waals surface area contributed by atoms with Crippen molar-refractivity contribution in [2.24, 2.45) is 0 Å². The van der Waals surface area contributed by atoms with Crippen LogP contribution in [0.15, 0.2) is 40.9 Å². The van der Waals surface area contributed by atoms with Crippen LogP contribution in [0, 0.1) is 13.8 Å². The van der Waals surface area contributed by atoms with Gasteiger partial charge in [-0.2, -0.15) is 0 Å². The van der Waals surface area contributed by atoms with Crippen LogP contribution in [0.4, 0.5) is 5.69 Å². The second-order valence-electron chi connectivity index (χ2n) is 6.48. The van der Waals surface area contributed by atoms with Gasteiger partial charge < -0.3 is 14.8 Å². The number of nitrogens with one attached hydrogen (secondary N) is 1. The lowest BCUT2D eigenvalue weighted by Crippen LogP contribution is -2.30. The molecule has 2 aromatic carbocycles. The van der Waals surface area contributed by atoms with Gasteiger partial charge in [-0.3, -0.25) is 4.79 Å². The van der Waals surface area contributed by atoms with Gasteiger partial charge in [-0.25, -0.2) is 0 Å². The highest BCUT2D eigenvalue weighted by Crippen LogP contribution is 2.28. The topological polar surface area (TPSA) is 47.6 Å². The van der Waals surface area contributed by atoms with Crippen molar-refractivity contribution in [1.29, 1.82) is 0 Å². The van der Waals surface area contributed by atoms with E-state index in [0.717, 1.165) is 33.5 Å². The molecule has 1 amide bonds. The minimum absolute atomic E-state index is 0.131. The van der Waals surface area contributed by atoms with E-state index in [-0.39, 0.29) is 12.0 Å². The summed E-state index contributed by atoms with van der Waals surface area (Å²) in [5, 5.41) is 2.89. The van der Waals surface area contributed by atoms with Crippen molar-refractivity contribution in [3.05, 3.63) is 52.0 Å². The lowest BCUT2D eigenvalue weighted by molar-refractivity contribution is -0.122. The zero-order valence-corrected chi connectivity index (χ0v) is 17.5. The van der Waals surface area contributed by atoms with Gasteiger partial charge in [0, 0.05) is 16.2 Å². The molecule has 0 aliphatic heterocycles. The molecule has 0 aromatic heterocycles. The molecule has 2 rings (SSSR count). The third-order valence-electron chi connectivity index (χ3n) is 4.10. The minimum atomic E-state index is -0.618. The highest BCUT2D eigenvalue weighted by molar-refractivity contribution is 9.10. The number of aryl methyl sites for hydroxylation is 2. The highest BCUT2D eigenvalue weighted by atomic mass is 79.9. The summed E-state index contributed by atoms with van der Waals surface area (Å²) in [7, 11) is 0. The number of halogens is 1. The molecule has 0 saturated carbocycles. The van der Waals surface area contributed by atoms with Crippen LogP contribution in [0.5, 0.6) is 11.5 Å². The quantitative estimate of drug-likeness (QED) is 0.630. The Bertz CT molecular complexity index is 753. The lowest BCUT2D eigenvalue weighted by Gasteiger charge is -2.19. The van der Waals surface area contributed by atoms with Crippen molar-refractivity contribution in [2.75, 3.05) is 5.32 Å². The maximum Gasteiger partial charge on any atom is 0.265 e. The molecule has 4 nitrogen and oxygen atoms in total. The number of hydrogen-bond donors (Lipinski definition) is 1. The van der Waals surface area contributed by atoms with Crippen LogP contribution in [-0.2, 0) is 4.79 Å². The van der Waals surface area contributed by atoms with Crippen molar-refractivity contribution in [3.63, 3.8) is 0 Å². The molecular formula is C21H26BrNO3. The van der Waals surface area contributed by atoms with E-state index in [4.69, 9.17) is 9.47 Å². The summed E-state index contributed by atoms with van der Waals surface area (Å²) in [4.78, 5) is 12.5. The van der Waals surface area contributed by atoms with Crippen molar-refractivity contribution in [2.45, 2.75) is 53.2 Å². The van der Waals surface area contributed by atoms with Gasteiger partial charge in [0.1, 0.15) is 11.5 Å². The molecular weight excluding hydrogens is 394 g/mol. The average Bonchev–Trinajstić information content (AvgIpc) is 2.58. The summed E-state index contributed by atoms with van der Waals surface area (Å²) in [5.74, 6) is 1.28. The second-order valence-corrected chi connectivity index (χ2v) is 7.40. The van der Waals surface area contributed by atoms with Gasteiger partial charge in [0.05, 0.1) is 6.10 Å². The fourth-order valence-corrected chi connectivity index (χ4v) is 3.21. The number of hydrogen-bond acceptors (Lipinski definition) is 3. The van der Waals surface area contributed by atoms with Crippen LogP contribution >= 0.6 is 15.9 Å². The lowest BCUT2D eigenvalue weighted by atomic mass is 10.1. The maximum absolute atomic E-state index is 12.5. The van der Waals surface area contributed by atoms with Crippen LogP contribution in [0.2, 0.25) is 0 Å². The summed E-state index contributed by atoms with van der Waals surface area (Å²) in [5.41, 5.74) is 2.66. The first-order valence-electron chi connectivity index (χ1n) is 8.81. The third kappa shape index (κ3) is 5.49. The summed E-state index contributed by atoms with van der Waals surface area (Å²) in [6, 6.07) is 11.4. The second kappa shape index (κ2) is 9.08. The summed E-state index contributed by atoms with van der Waals surface area (Å²) in [6.07, 6.45) is 0.437. The standard InChI is InChI=1S/C21H26BrNO3/c1-6-15(4)25-19-9-7-8-18(12-19)23-21(24)16(5)26-20-13(2)10-17(22)11-14(20)3/h7-12,15-16H,6H2,1-5H3,(H,23,24). The molecule has 140 valence electrons. The minimum Gasteiger partial charge on any atom is -0.491 e. The van der Waals surface area contributed by atoms with E-state index < -0.39 is 6.10 Å². The van der Waals surface area contributed by atoms with Crippen LogP contribution < -0.4 is 14.8 Å². The van der Waals surface area contributed by atoms with E-state index >= 15 is 0 Å². The molecule has 0 radical (unpaired) electrons. The fraction of sp³-hybridized carbons (Fsp3) is 0.381. The summed E-state index contributed by atoms with van der Waals surface area (Å²) < 4.78 is 12.7. The SMILES string of the molecule is CCC(C)Oc1cccc(NC(=O)C(C)Oc2c(C)cc(Br)cc2C)c1. The first-order chi connectivity index (χ1) is 12.3. The van der Waals surface area contributed by atoms with Crippen LogP contribution in [0.3, 0.4) is 0 Å². The molecule has 2 atom stereocenters. The normalized spacial score (nSPS) is 13.0. The van der Waals surface area contributed by atoms with E-state index in [1.54, 1.807) is 6.92 Å². The molecule has 26 heavy (non-hydrogen) atoms. The van der Waals surface area contributed by atoms with Gasteiger partial charge in [0.2, 0.25) is 0 Å². The smallest absolute Gasteiger partial charge is 0.265 e. The zero-order chi connectivity index (χ0) is 19.3. The predicted octanol–water partition coefficient (Wildman–Crippen LogP) is 5.65. The Morgan fingerprint density at radius 3 is 2.38 bits per heavy atom. The summed E-state index contributed by atoms with van der Waals surface area (Å²) in [6.45, 7) is 9.77. The Hall–Kier alpha value is -2.01. The molecule has 0 bridgehead atoms. The van der Waals surface area contributed by atoms with Gasteiger partial charge in [-0.15, -0.1) is 0 Å². The largest absolute Gasteiger partial charge is 0.491 e. The number of benzene rings is 2. The molecule has 5 heteroatoms. The highest BCUT2D eigenvalue weighted by Gasteiger charge is 2.18. The van der Waals surface area contributed by atoms with Crippen LogP contribution in [-0.4, -0.2) is 18.1 Å². The van der Waals surface area contributed by atoms with Crippen molar-refractivity contribution >= 4 is 27.5 Å². The molecule has 0 aliphatic carbocycles. The Kier molecular flexibility index (Phi) is 7.09. The van der Waals surface area contributed by atoms with E-state index in [9.17, 15) is 4.79 Å². The summed E-state index contributed by atoms with van der Waals surface area (Å²) >= 11 is 3.47. The Morgan fingerprint density at radius 2 is 1.77 bits per heavy atom. The van der Waals surface area contributed by atoms with Gasteiger partial charge in [-0.1, -0.05) is 28.9 Å². The van der Waals surface area contributed by atoms with Crippen LogP contribution in [0.1, 0.15) is 38.3 Å². The third-order valence-corrected chi connectivity index (χ3v) is 4.56. The number of rotatable bonds is 7. The molecule has 2 aromatic rings. The van der Waals surface area contributed by atoms with Gasteiger partial charge in [0.25, 0.3) is 5.91 Å². The number of carbonyl (C=O) groups is 1. The molecule has 0 aliphatic rings. The van der Waals surface area contributed by atoms with Gasteiger partial charge in [0.15, 0.2) is 6.10 Å². The zero-order valence-electron chi connectivity index (χ0n) is 15.9. The van der Waals surface area contributed by atoms with Crippen molar-refractivity contribution in [3.8, 4) is 11.5 Å². The number of carbonyl (C=O) groups excluding carboxylic acids is 1. The van der Waals surface area contributed by atoms with Crippen molar-refractivity contribution in [1.82, 2.24) is 0 Å². The fourth-order valence-electron chi connectivity index (χ4n) is 2.52. The maximum atomic E-state index is 12.5. The predicted molar refractivity (Wildman–Crippen MR) is 109 cm³/mol. The number of anilines is 1. The van der Waals surface area contributed by atoms with E-state index in [1.165, 1.54) is 0 Å². The molecule has 2 unspecified atom stereocenters.